The van der Waals surface area contributed by atoms with E-state index in [1.54, 1.807) is 30.3 Å². The highest BCUT2D eigenvalue weighted by molar-refractivity contribution is 6.24. The van der Waals surface area contributed by atoms with Gasteiger partial charge in [0.25, 0.3) is 0 Å². The average Bonchev–Trinajstić information content (AvgIpc) is 3.23. The van der Waals surface area contributed by atoms with Crippen LogP contribution in [0.3, 0.4) is 0 Å². The Labute approximate surface area is 168 Å². The van der Waals surface area contributed by atoms with Gasteiger partial charge in [-0.25, -0.2) is 9.69 Å². The Hall–Kier alpha value is -3.03. The molecule has 2 saturated heterocycles. The molecule has 2 aliphatic rings. The minimum atomic E-state index is -1.69. The maximum absolute atomic E-state index is 13.4. The van der Waals surface area contributed by atoms with E-state index in [-0.39, 0.29) is 0 Å². The van der Waals surface area contributed by atoms with Crippen molar-refractivity contribution in [3.05, 3.63) is 65.7 Å². The highest BCUT2D eigenvalue weighted by atomic mass is 16.5. The lowest BCUT2D eigenvalue weighted by Crippen LogP contribution is -2.59. The number of imide groups is 1. The van der Waals surface area contributed by atoms with Crippen LogP contribution in [-0.4, -0.2) is 42.1 Å². The summed E-state index contributed by atoms with van der Waals surface area (Å²) in [6, 6.07) is 15.5. The predicted molar refractivity (Wildman–Crippen MR) is 105 cm³/mol. The molecule has 2 fully saturated rings. The first-order valence-corrected chi connectivity index (χ1v) is 9.41. The van der Waals surface area contributed by atoms with Gasteiger partial charge in [0.1, 0.15) is 0 Å². The van der Waals surface area contributed by atoms with Gasteiger partial charge < -0.3 is 9.84 Å². The van der Waals surface area contributed by atoms with E-state index in [1.807, 2.05) is 31.2 Å². The van der Waals surface area contributed by atoms with Gasteiger partial charge in [-0.15, -0.1) is 0 Å². The van der Waals surface area contributed by atoms with Crippen LogP contribution < -0.4 is 10.2 Å². The van der Waals surface area contributed by atoms with E-state index in [2.05, 4.69) is 5.32 Å². The van der Waals surface area contributed by atoms with Gasteiger partial charge >= 0.3 is 5.97 Å². The van der Waals surface area contributed by atoms with Gasteiger partial charge in [-0.3, -0.25) is 14.9 Å². The number of nitrogens with zero attached hydrogens (tertiary/aromatic N) is 1. The highest BCUT2D eigenvalue weighted by Gasteiger charge is 2.69. The number of fused-ring (bicyclic) bond motifs is 1. The molecule has 0 saturated carbocycles. The van der Waals surface area contributed by atoms with Crippen molar-refractivity contribution in [2.45, 2.75) is 18.5 Å². The smallest absolute Gasteiger partial charge is 0.329 e. The van der Waals surface area contributed by atoms with Crippen LogP contribution in [-0.2, 0) is 19.1 Å². The van der Waals surface area contributed by atoms with E-state index < -0.39 is 47.8 Å². The normalized spacial score (nSPS) is 28.5. The van der Waals surface area contributed by atoms with E-state index in [1.165, 1.54) is 7.11 Å². The van der Waals surface area contributed by atoms with Gasteiger partial charge in [-0.05, 0) is 24.6 Å². The minimum absolute atomic E-state index is 0.400. The van der Waals surface area contributed by atoms with Crippen LogP contribution in [0, 0.1) is 18.8 Å². The molecule has 2 heterocycles. The van der Waals surface area contributed by atoms with Crippen LogP contribution in [0.1, 0.15) is 17.2 Å². The molecule has 2 aliphatic heterocycles. The van der Waals surface area contributed by atoms with E-state index in [0.29, 0.717) is 5.69 Å². The third-order valence-corrected chi connectivity index (χ3v) is 5.90. The fourth-order valence-corrected chi connectivity index (χ4v) is 4.47. The minimum Gasteiger partial charge on any atom is -0.468 e. The van der Waals surface area contributed by atoms with Gasteiger partial charge in [-0.1, -0.05) is 48.0 Å². The van der Waals surface area contributed by atoms with Crippen molar-refractivity contribution in [1.29, 1.82) is 0 Å². The summed E-state index contributed by atoms with van der Waals surface area (Å²) in [5.41, 5.74) is 0.562. The molecular weight excluding hydrogens is 372 g/mol. The number of methoxy groups -OCH3 is 1. The number of ether oxygens (including phenoxy) is 1. The van der Waals surface area contributed by atoms with Crippen molar-refractivity contribution in [3.63, 3.8) is 0 Å². The summed E-state index contributed by atoms with van der Waals surface area (Å²) in [7, 11) is 1.20. The lowest BCUT2D eigenvalue weighted by atomic mass is 9.79. The highest BCUT2D eigenvalue weighted by Crippen LogP contribution is 2.49. The maximum atomic E-state index is 13.4. The number of nitrogens with one attached hydrogen (secondary N) is 1. The predicted octanol–water partition coefficient (Wildman–Crippen LogP) is 1.35. The second-order valence-corrected chi connectivity index (χ2v) is 7.50. The van der Waals surface area contributed by atoms with Crippen LogP contribution in [0.5, 0.6) is 0 Å². The number of rotatable bonds is 4. The zero-order chi connectivity index (χ0) is 20.8. The monoisotopic (exact) mass is 394 g/mol. The van der Waals surface area contributed by atoms with Crippen LogP contribution in [0.2, 0.25) is 0 Å². The van der Waals surface area contributed by atoms with Gasteiger partial charge in [-0.2, -0.15) is 0 Å². The number of carbonyl (C=O) groups excluding carboxylic acids is 3. The number of benzene rings is 2. The van der Waals surface area contributed by atoms with Gasteiger partial charge in [0.15, 0.2) is 5.54 Å². The Morgan fingerprint density at radius 1 is 1.10 bits per heavy atom. The first-order chi connectivity index (χ1) is 13.9. The summed E-state index contributed by atoms with van der Waals surface area (Å²) >= 11 is 0. The zero-order valence-electron chi connectivity index (χ0n) is 16.2. The van der Waals surface area contributed by atoms with E-state index >= 15 is 0 Å². The number of anilines is 1. The molecular formula is C22H22N2O5. The second-order valence-electron chi connectivity index (χ2n) is 7.50. The summed E-state index contributed by atoms with van der Waals surface area (Å²) in [5.74, 6) is -3.59. The Bertz CT molecular complexity index is 959. The Kier molecular flexibility index (Phi) is 4.72. The Morgan fingerprint density at radius 3 is 2.34 bits per heavy atom. The number of aryl methyl sites for hydroxylation is 1. The molecule has 0 unspecified atom stereocenters. The van der Waals surface area contributed by atoms with Crippen LogP contribution in [0.15, 0.2) is 54.6 Å². The quantitative estimate of drug-likeness (QED) is 0.600. The van der Waals surface area contributed by atoms with Crippen LogP contribution in [0.25, 0.3) is 0 Å². The number of aliphatic hydroxyl groups is 1. The van der Waals surface area contributed by atoms with Crippen molar-refractivity contribution in [1.82, 2.24) is 5.32 Å². The molecule has 4 rings (SSSR count). The SMILES string of the molecule is COC(=O)[C@]1(CO)N[C@H](c2ccc(C)cc2)[C@@H]2C(=O)N(c3ccccc3)C(=O)[C@H]21. The van der Waals surface area contributed by atoms with Crippen molar-refractivity contribution in [3.8, 4) is 0 Å². The van der Waals surface area contributed by atoms with Gasteiger partial charge in [0, 0.05) is 6.04 Å². The fraction of sp³-hybridized carbons (Fsp3) is 0.318. The van der Waals surface area contributed by atoms with Crippen molar-refractivity contribution >= 4 is 23.5 Å². The van der Waals surface area contributed by atoms with E-state index in [9.17, 15) is 19.5 Å². The largest absolute Gasteiger partial charge is 0.468 e. The molecule has 4 atom stereocenters. The molecule has 0 radical (unpaired) electrons. The van der Waals surface area contributed by atoms with Crippen molar-refractivity contribution in [2.24, 2.45) is 11.8 Å². The lowest BCUT2D eigenvalue weighted by Gasteiger charge is -2.30. The van der Waals surface area contributed by atoms with E-state index in [0.717, 1.165) is 16.0 Å². The summed E-state index contributed by atoms with van der Waals surface area (Å²) in [6.07, 6.45) is 0. The topological polar surface area (TPSA) is 95.9 Å². The molecule has 2 aromatic rings. The number of amides is 2. The number of aliphatic hydroxyl groups excluding tert-OH is 1. The third kappa shape index (κ3) is 2.77. The van der Waals surface area contributed by atoms with Gasteiger partial charge in [0.05, 0.1) is 31.2 Å². The molecule has 2 N–H and O–H groups in total. The van der Waals surface area contributed by atoms with Crippen molar-refractivity contribution < 1.29 is 24.2 Å². The van der Waals surface area contributed by atoms with Gasteiger partial charge in [0.2, 0.25) is 11.8 Å². The molecule has 0 aromatic heterocycles. The molecule has 150 valence electrons. The molecule has 2 amide bonds. The van der Waals surface area contributed by atoms with E-state index in [4.69, 9.17) is 4.74 Å². The molecule has 29 heavy (non-hydrogen) atoms. The van der Waals surface area contributed by atoms with Crippen molar-refractivity contribution in [2.75, 3.05) is 18.6 Å². The molecule has 0 spiro atoms. The zero-order valence-corrected chi connectivity index (χ0v) is 16.2. The first-order valence-electron chi connectivity index (χ1n) is 9.41. The maximum Gasteiger partial charge on any atom is 0.329 e. The summed E-state index contributed by atoms with van der Waals surface area (Å²) in [6.45, 7) is 1.29. The summed E-state index contributed by atoms with van der Waals surface area (Å²) in [5, 5.41) is 13.3. The first kappa shape index (κ1) is 19.3. The second kappa shape index (κ2) is 7.09. The number of hydrogen-bond donors (Lipinski definition) is 2. The number of hydrogen-bond acceptors (Lipinski definition) is 6. The lowest BCUT2D eigenvalue weighted by molar-refractivity contribution is -0.154. The standard InChI is InChI=1S/C22H22N2O5/c1-13-8-10-14(11-9-13)18-16-17(22(12-25,23-18)21(28)29-2)20(27)24(19(16)26)15-6-4-3-5-7-15/h3-11,16-18,23,25H,12H2,1-2H3/t16-,17+,18-,22-/m1/s1. The molecule has 2 aromatic carbocycles. The molecule has 7 nitrogen and oxygen atoms in total. The number of para-hydroxylation sites is 1. The third-order valence-electron chi connectivity index (χ3n) is 5.90. The molecule has 7 heteroatoms. The summed E-state index contributed by atoms with van der Waals surface area (Å²) in [4.78, 5) is 40.6. The molecule has 0 aliphatic carbocycles. The van der Waals surface area contributed by atoms with Crippen LogP contribution in [0.4, 0.5) is 5.69 Å². The molecule has 0 bridgehead atoms. The Balaban J connectivity index is 1.85. The Morgan fingerprint density at radius 2 is 1.76 bits per heavy atom. The average molecular weight is 394 g/mol. The number of carbonyl (C=O) groups is 3. The number of esters is 1. The fourth-order valence-electron chi connectivity index (χ4n) is 4.47. The van der Waals surface area contributed by atoms with Crippen LogP contribution >= 0.6 is 0 Å². The summed E-state index contributed by atoms with van der Waals surface area (Å²) < 4.78 is 4.92.